The number of nitrogens with zero attached hydrogens (tertiary/aromatic N) is 3. The molecule has 1 aliphatic carbocycles. The minimum absolute atomic E-state index is 0.521. The van der Waals surface area contributed by atoms with Crippen molar-refractivity contribution in [3.8, 4) is 0 Å². The van der Waals surface area contributed by atoms with Crippen LogP contribution in [0.2, 0.25) is 0 Å². The third-order valence-electron chi connectivity index (χ3n) is 4.69. The first-order valence-electron chi connectivity index (χ1n) is 8.82. The third-order valence-corrected chi connectivity index (χ3v) is 5.79. The van der Waals surface area contributed by atoms with Gasteiger partial charge in [-0.25, -0.2) is 4.98 Å². The Bertz CT molecular complexity index is 682. The van der Waals surface area contributed by atoms with Gasteiger partial charge in [0.2, 0.25) is 0 Å². The van der Waals surface area contributed by atoms with E-state index in [2.05, 4.69) is 55.7 Å². The molecule has 2 atom stereocenters. The molecule has 1 heterocycles. The lowest BCUT2D eigenvalue weighted by Crippen LogP contribution is -2.42. The largest absolute Gasteiger partial charge is 0.354 e. The predicted octanol–water partition coefficient (Wildman–Crippen LogP) is 2.88. The molecule has 0 radical (unpaired) electrons. The van der Waals surface area contributed by atoms with E-state index in [1.807, 2.05) is 37.3 Å². The zero-order chi connectivity index (χ0) is 17.5. The highest BCUT2D eigenvalue weighted by atomic mass is 32.2. The van der Waals surface area contributed by atoms with Crippen LogP contribution in [-0.4, -0.2) is 40.1 Å². The number of hydrogen-bond acceptors (Lipinski definition) is 3. The molecule has 0 bridgehead atoms. The highest BCUT2D eigenvalue weighted by Crippen LogP contribution is 2.27. The Morgan fingerprint density at radius 2 is 2.16 bits per heavy atom. The number of nitrogens with one attached hydrogen (secondary N) is 2. The highest BCUT2D eigenvalue weighted by molar-refractivity contribution is 7.99. The number of benzene rings is 1. The molecule has 1 aliphatic rings. The Labute approximate surface area is 154 Å². The fraction of sp³-hybridized carbons (Fsp3) is 0.474. The molecule has 2 N–H and O–H groups in total. The van der Waals surface area contributed by atoms with E-state index < -0.39 is 0 Å². The van der Waals surface area contributed by atoms with E-state index in [-0.39, 0.29) is 0 Å². The maximum atomic E-state index is 4.49. The van der Waals surface area contributed by atoms with Crippen LogP contribution in [0.25, 0.3) is 0 Å². The van der Waals surface area contributed by atoms with Crippen LogP contribution in [-0.2, 0) is 13.1 Å². The maximum Gasteiger partial charge on any atom is 0.191 e. The van der Waals surface area contributed by atoms with Gasteiger partial charge in [-0.3, -0.25) is 4.99 Å². The molecule has 1 aromatic heterocycles. The molecule has 3 rings (SSSR count). The fourth-order valence-corrected chi connectivity index (χ4v) is 4.06. The monoisotopic (exact) mass is 357 g/mol. The normalized spacial score (nSPS) is 20.6. The van der Waals surface area contributed by atoms with E-state index in [1.54, 1.807) is 0 Å². The Morgan fingerprint density at radius 3 is 2.88 bits per heavy atom. The van der Waals surface area contributed by atoms with Crippen LogP contribution in [0.15, 0.2) is 47.7 Å². The summed E-state index contributed by atoms with van der Waals surface area (Å²) in [4.78, 5) is 8.86. The van der Waals surface area contributed by atoms with Gasteiger partial charge in [0, 0.05) is 37.3 Å². The van der Waals surface area contributed by atoms with Gasteiger partial charge < -0.3 is 15.2 Å². The summed E-state index contributed by atoms with van der Waals surface area (Å²) in [7, 11) is 1.83. The summed E-state index contributed by atoms with van der Waals surface area (Å²) in [5.41, 5.74) is 1.28. The molecule has 0 aliphatic heterocycles. The van der Waals surface area contributed by atoms with E-state index >= 15 is 0 Å². The van der Waals surface area contributed by atoms with Gasteiger partial charge in [0.25, 0.3) is 0 Å². The minimum Gasteiger partial charge on any atom is -0.354 e. The molecule has 1 aromatic carbocycles. The van der Waals surface area contributed by atoms with E-state index in [0.29, 0.717) is 12.6 Å². The first-order chi connectivity index (χ1) is 12.3. The van der Waals surface area contributed by atoms with Crippen molar-refractivity contribution in [1.29, 1.82) is 0 Å². The maximum absolute atomic E-state index is 4.49. The van der Waals surface area contributed by atoms with Crippen molar-refractivity contribution < 1.29 is 0 Å². The lowest BCUT2D eigenvalue weighted by molar-refractivity contribution is 0.608. The summed E-state index contributed by atoms with van der Waals surface area (Å²) in [6.07, 6.45) is 9.81. The topological polar surface area (TPSA) is 54.2 Å². The molecule has 134 valence electrons. The van der Waals surface area contributed by atoms with Crippen molar-refractivity contribution in [3.63, 3.8) is 0 Å². The van der Waals surface area contributed by atoms with Crippen molar-refractivity contribution in [2.45, 2.75) is 43.6 Å². The molecule has 2 unspecified atom stereocenters. The summed E-state index contributed by atoms with van der Waals surface area (Å²) >= 11 is 1.97. The Kier molecular flexibility index (Phi) is 6.39. The molecule has 5 nitrogen and oxygen atoms in total. The standard InChI is InChI=1S/C19H27N5S/c1-20-19(23-16-8-9-17(12-16)25-2)22-13-18-21-10-11-24(18)14-15-6-4-3-5-7-15/h3-7,10-11,16-17H,8-9,12-14H2,1-2H3,(H2,20,22,23). The quantitative estimate of drug-likeness (QED) is 0.617. The van der Waals surface area contributed by atoms with E-state index in [4.69, 9.17) is 0 Å². The van der Waals surface area contributed by atoms with Gasteiger partial charge >= 0.3 is 0 Å². The number of imidazole rings is 1. The number of guanidine groups is 1. The SMILES string of the molecule is CN=C(NCc1nccn1Cc1ccccc1)NC1CCC(SC)C1. The van der Waals surface area contributed by atoms with Gasteiger partial charge in [0.15, 0.2) is 5.96 Å². The van der Waals surface area contributed by atoms with Crippen LogP contribution in [0.3, 0.4) is 0 Å². The van der Waals surface area contributed by atoms with Gasteiger partial charge in [-0.05, 0) is 31.1 Å². The number of hydrogen-bond donors (Lipinski definition) is 2. The average Bonchev–Trinajstić information content (AvgIpc) is 3.28. The number of rotatable bonds is 6. The second-order valence-corrected chi connectivity index (χ2v) is 7.53. The van der Waals surface area contributed by atoms with Gasteiger partial charge in [0.05, 0.1) is 6.54 Å². The molecule has 0 saturated heterocycles. The van der Waals surface area contributed by atoms with E-state index in [1.165, 1.54) is 24.8 Å². The number of aliphatic imine (C=N–C) groups is 1. The van der Waals surface area contributed by atoms with E-state index in [0.717, 1.165) is 23.6 Å². The van der Waals surface area contributed by atoms with Crippen LogP contribution in [0.1, 0.15) is 30.7 Å². The minimum atomic E-state index is 0.521. The summed E-state index contributed by atoms with van der Waals surface area (Å²) < 4.78 is 2.18. The van der Waals surface area contributed by atoms with Gasteiger partial charge in [-0.2, -0.15) is 11.8 Å². The molecular weight excluding hydrogens is 330 g/mol. The Hall–Kier alpha value is -1.95. The second kappa shape index (κ2) is 8.94. The summed E-state index contributed by atoms with van der Waals surface area (Å²) in [6, 6.07) is 11.0. The molecule has 1 saturated carbocycles. The van der Waals surface area contributed by atoms with Crippen LogP contribution in [0.4, 0.5) is 0 Å². The first-order valence-corrected chi connectivity index (χ1v) is 10.1. The number of aromatic nitrogens is 2. The van der Waals surface area contributed by atoms with Crippen molar-refractivity contribution in [3.05, 3.63) is 54.1 Å². The van der Waals surface area contributed by atoms with Crippen molar-refractivity contribution >= 4 is 17.7 Å². The third kappa shape index (κ3) is 5.01. The zero-order valence-corrected chi connectivity index (χ0v) is 15.8. The lowest BCUT2D eigenvalue weighted by Gasteiger charge is -2.17. The van der Waals surface area contributed by atoms with Crippen LogP contribution >= 0.6 is 11.8 Å². The molecule has 0 amide bonds. The molecule has 0 spiro atoms. The highest BCUT2D eigenvalue weighted by Gasteiger charge is 2.24. The zero-order valence-electron chi connectivity index (χ0n) is 15.0. The smallest absolute Gasteiger partial charge is 0.191 e. The lowest BCUT2D eigenvalue weighted by atomic mass is 10.2. The summed E-state index contributed by atoms with van der Waals surface area (Å²) in [5.74, 6) is 1.88. The summed E-state index contributed by atoms with van der Waals surface area (Å²) in [5, 5.41) is 7.73. The second-order valence-electron chi connectivity index (χ2n) is 6.39. The van der Waals surface area contributed by atoms with Gasteiger partial charge in [0.1, 0.15) is 5.82 Å². The fourth-order valence-electron chi connectivity index (χ4n) is 3.27. The molecule has 6 heteroatoms. The molecule has 2 aromatic rings. The molecule has 1 fully saturated rings. The van der Waals surface area contributed by atoms with Crippen LogP contribution in [0.5, 0.6) is 0 Å². The van der Waals surface area contributed by atoms with Gasteiger partial charge in [-0.1, -0.05) is 30.3 Å². The Morgan fingerprint density at radius 1 is 1.32 bits per heavy atom. The Balaban J connectivity index is 1.53. The molecular formula is C19H27N5S. The first kappa shape index (κ1) is 17.9. The summed E-state index contributed by atoms with van der Waals surface area (Å²) in [6.45, 7) is 1.50. The van der Waals surface area contributed by atoms with Crippen molar-refractivity contribution in [2.24, 2.45) is 4.99 Å². The predicted molar refractivity (Wildman–Crippen MR) is 106 cm³/mol. The molecule has 25 heavy (non-hydrogen) atoms. The van der Waals surface area contributed by atoms with Crippen molar-refractivity contribution in [1.82, 2.24) is 20.2 Å². The average molecular weight is 358 g/mol. The van der Waals surface area contributed by atoms with Crippen molar-refractivity contribution in [2.75, 3.05) is 13.3 Å². The van der Waals surface area contributed by atoms with Crippen LogP contribution in [0, 0.1) is 0 Å². The number of thioether (sulfide) groups is 1. The van der Waals surface area contributed by atoms with Gasteiger partial charge in [-0.15, -0.1) is 0 Å². The van der Waals surface area contributed by atoms with Crippen LogP contribution < -0.4 is 10.6 Å². The van der Waals surface area contributed by atoms with E-state index in [9.17, 15) is 0 Å².